The van der Waals surface area contributed by atoms with E-state index in [1.807, 2.05) is 29.2 Å². The van der Waals surface area contributed by atoms with Gasteiger partial charge in [-0.15, -0.1) is 0 Å². The van der Waals surface area contributed by atoms with Gasteiger partial charge in [0.15, 0.2) is 0 Å². The fourth-order valence-corrected chi connectivity index (χ4v) is 4.07. The Morgan fingerprint density at radius 2 is 1.85 bits per heavy atom. The summed E-state index contributed by atoms with van der Waals surface area (Å²) < 4.78 is 14.0. The van der Waals surface area contributed by atoms with Crippen LogP contribution in [0.1, 0.15) is 24.8 Å². The molecular weight excluding hydrogens is 411 g/mol. The van der Waals surface area contributed by atoms with Crippen LogP contribution in [0.4, 0.5) is 10.1 Å². The van der Waals surface area contributed by atoms with Crippen molar-refractivity contribution in [2.24, 2.45) is 5.92 Å². The second-order valence-corrected chi connectivity index (χ2v) is 8.03. The van der Waals surface area contributed by atoms with Crippen molar-refractivity contribution >= 4 is 33.4 Å². The summed E-state index contributed by atoms with van der Waals surface area (Å²) >= 11 is 3.48. The maximum Gasteiger partial charge on any atom is 0.228 e. The van der Waals surface area contributed by atoms with Gasteiger partial charge in [0.05, 0.1) is 11.6 Å². The molecule has 2 aromatic carbocycles. The van der Waals surface area contributed by atoms with Crippen molar-refractivity contribution in [2.45, 2.75) is 31.8 Å². The summed E-state index contributed by atoms with van der Waals surface area (Å²) in [6, 6.07) is 14.0. The molecule has 2 aromatic rings. The number of nitrogens with zero attached hydrogens (tertiary/aromatic N) is 2. The number of para-hydroxylation sites is 1. The third-order valence-corrected chi connectivity index (χ3v) is 5.82. The maximum absolute atomic E-state index is 13.2. The van der Waals surface area contributed by atoms with E-state index in [-0.39, 0.29) is 36.0 Å². The minimum absolute atomic E-state index is 0.0183. The minimum Gasteiger partial charge on any atom is -0.335 e. The number of benzene rings is 2. The lowest BCUT2D eigenvalue weighted by Gasteiger charge is -2.26. The summed E-state index contributed by atoms with van der Waals surface area (Å²) in [5.74, 6) is -0.637. The first-order chi connectivity index (χ1) is 13.0. The second kappa shape index (κ2) is 7.43. The van der Waals surface area contributed by atoms with E-state index >= 15 is 0 Å². The molecule has 2 fully saturated rings. The Kier molecular flexibility index (Phi) is 5.00. The molecule has 0 radical (unpaired) electrons. The molecule has 0 bridgehead atoms. The third kappa shape index (κ3) is 3.90. The molecule has 0 spiro atoms. The van der Waals surface area contributed by atoms with Gasteiger partial charge in [0.2, 0.25) is 11.8 Å². The van der Waals surface area contributed by atoms with Gasteiger partial charge in [0.25, 0.3) is 0 Å². The molecule has 0 unspecified atom stereocenters. The molecule has 2 amide bonds. The van der Waals surface area contributed by atoms with Crippen LogP contribution in [0.25, 0.3) is 0 Å². The molecule has 0 N–H and O–H groups in total. The monoisotopic (exact) mass is 430 g/mol. The Bertz CT molecular complexity index is 867. The number of amides is 2. The lowest BCUT2D eigenvalue weighted by molar-refractivity contribution is -0.137. The van der Waals surface area contributed by atoms with Crippen LogP contribution in [-0.2, 0) is 16.1 Å². The van der Waals surface area contributed by atoms with Crippen LogP contribution in [0, 0.1) is 11.7 Å². The van der Waals surface area contributed by atoms with Crippen LogP contribution in [0.2, 0.25) is 0 Å². The van der Waals surface area contributed by atoms with E-state index in [2.05, 4.69) is 15.9 Å². The summed E-state index contributed by atoms with van der Waals surface area (Å²) in [5.41, 5.74) is 1.71. The normalized spacial score (nSPS) is 19.4. The third-order valence-electron chi connectivity index (χ3n) is 5.15. The lowest BCUT2D eigenvalue weighted by atomic mass is 10.1. The standard InChI is InChI=1S/C21H20BrFN2O2/c22-18-3-1-2-4-19(18)25-13-15(11-20(25)26)21(27)24(17-9-10-17)12-14-5-7-16(23)8-6-14/h1-8,15,17H,9-13H2/t15-/m0/s1. The predicted octanol–water partition coefficient (Wildman–Crippen LogP) is 4.13. The first-order valence-electron chi connectivity index (χ1n) is 9.13. The predicted molar refractivity (Wildman–Crippen MR) is 105 cm³/mol. The number of halogens is 2. The van der Waals surface area contributed by atoms with Gasteiger partial charge < -0.3 is 9.80 Å². The van der Waals surface area contributed by atoms with Crippen LogP contribution in [0.5, 0.6) is 0 Å². The summed E-state index contributed by atoms with van der Waals surface area (Å²) in [7, 11) is 0. The zero-order valence-corrected chi connectivity index (χ0v) is 16.4. The highest BCUT2D eigenvalue weighted by atomic mass is 79.9. The lowest BCUT2D eigenvalue weighted by Crippen LogP contribution is -2.38. The van der Waals surface area contributed by atoms with Gasteiger partial charge in [0, 0.05) is 30.0 Å². The van der Waals surface area contributed by atoms with Crippen molar-refractivity contribution in [3.8, 4) is 0 Å². The highest BCUT2D eigenvalue weighted by molar-refractivity contribution is 9.10. The molecule has 1 saturated heterocycles. The molecule has 1 heterocycles. The fourth-order valence-electron chi connectivity index (χ4n) is 3.57. The van der Waals surface area contributed by atoms with Crippen molar-refractivity contribution in [1.82, 2.24) is 4.90 Å². The average molecular weight is 431 g/mol. The van der Waals surface area contributed by atoms with E-state index in [4.69, 9.17) is 0 Å². The summed E-state index contributed by atoms with van der Waals surface area (Å²) in [5, 5.41) is 0. The Morgan fingerprint density at radius 1 is 1.15 bits per heavy atom. The SMILES string of the molecule is O=C1C[C@H](C(=O)N(Cc2ccc(F)cc2)C2CC2)CN1c1ccccc1Br. The number of carbonyl (C=O) groups is 2. The highest BCUT2D eigenvalue weighted by Crippen LogP contribution is 2.35. The molecule has 27 heavy (non-hydrogen) atoms. The molecule has 1 atom stereocenters. The maximum atomic E-state index is 13.2. The van der Waals surface area contributed by atoms with E-state index in [9.17, 15) is 14.0 Å². The number of hydrogen-bond acceptors (Lipinski definition) is 2. The second-order valence-electron chi connectivity index (χ2n) is 7.18. The molecule has 4 rings (SSSR count). The molecule has 1 aliphatic carbocycles. The van der Waals surface area contributed by atoms with Gasteiger partial charge in [-0.2, -0.15) is 0 Å². The number of anilines is 1. The first-order valence-corrected chi connectivity index (χ1v) is 9.92. The molecule has 2 aliphatic rings. The first kappa shape index (κ1) is 18.2. The largest absolute Gasteiger partial charge is 0.335 e. The van der Waals surface area contributed by atoms with Gasteiger partial charge in [-0.3, -0.25) is 9.59 Å². The summed E-state index contributed by atoms with van der Waals surface area (Å²) in [6.45, 7) is 0.858. The summed E-state index contributed by atoms with van der Waals surface area (Å²) in [6.07, 6.45) is 2.20. The molecule has 6 heteroatoms. The van der Waals surface area contributed by atoms with E-state index in [0.717, 1.165) is 28.6 Å². The average Bonchev–Trinajstić information content (AvgIpc) is 3.43. The number of carbonyl (C=O) groups excluding carboxylic acids is 2. The van der Waals surface area contributed by atoms with Gasteiger partial charge in [-0.05, 0) is 58.6 Å². The van der Waals surface area contributed by atoms with Crippen molar-refractivity contribution in [3.05, 3.63) is 64.4 Å². The topological polar surface area (TPSA) is 40.6 Å². The van der Waals surface area contributed by atoms with E-state index in [1.54, 1.807) is 17.0 Å². The summed E-state index contributed by atoms with van der Waals surface area (Å²) in [4.78, 5) is 29.3. The van der Waals surface area contributed by atoms with Crippen molar-refractivity contribution < 1.29 is 14.0 Å². The molecule has 4 nitrogen and oxygen atoms in total. The van der Waals surface area contributed by atoms with Crippen LogP contribution >= 0.6 is 15.9 Å². The quantitative estimate of drug-likeness (QED) is 0.715. The van der Waals surface area contributed by atoms with Crippen LogP contribution in [0.3, 0.4) is 0 Å². The number of hydrogen-bond donors (Lipinski definition) is 0. The fraction of sp³-hybridized carbons (Fsp3) is 0.333. The van der Waals surface area contributed by atoms with Gasteiger partial charge in [-0.1, -0.05) is 24.3 Å². The van der Waals surface area contributed by atoms with E-state index < -0.39 is 0 Å². The van der Waals surface area contributed by atoms with Crippen molar-refractivity contribution in [3.63, 3.8) is 0 Å². The van der Waals surface area contributed by atoms with Crippen molar-refractivity contribution in [1.29, 1.82) is 0 Å². The molecule has 1 saturated carbocycles. The molecule has 1 aliphatic heterocycles. The van der Waals surface area contributed by atoms with Gasteiger partial charge >= 0.3 is 0 Å². The van der Waals surface area contributed by atoms with E-state index in [1.165, 1.54) is 12.1 Å². The Morgan fingerprint density at radius 3 is 2.52 bits per heavy atom. The molecule has 0 aromatic heterocycles. The Labute approximate surface area is 166 Å². The van der Waals surface area contributed by atoms with Crippen LogP contribution in [0.15, 0.2) is 53.0 Å². The van der Waals surface area contributed by atoms with Gasteiger partial charge in [0.1, 0.15) is 5.82 Å². The van der Waals surface area contributed by atoms with Crippen LogP contribution in [-0.4, -0.2) is 29.3 Å². The molecular formula is C21H20BrFN2O2. The Balaban J connectivity index is 1.50. The zero-order chi connectivity index (χ0) is 19.0. The van der Waals surface area contributed by atoms with E-state index in [0.29, 0.717) is 13.1 Å². The Hall–Kier alpha value is -2.21. The molecule has 140 valence electrons. The zero-order valence-electron chi connectivity index (χ0n) is 14.8. The smallest absolute Gasteiger partial charge is 0.228 e. The van der Waals surface area contributed by atoms with Crippen LogP contribution < -0.4 is 4.90 Å². The van der Waals surface area contributed by atoms with Crippen molar-refractivity contribution in [2.75, 3.05) is 11.4 Å². The number of rotatable bonds is 5. The van der Waals surface area contributed by atoms with Gasteiger partial charge in [-0.25, -0.2) is 4.39 Å². The highest BCUT2D eigenvalue weighted by Gasteiger charge is 2.41. The minimum atomic E-state index is -0.342.